The molecule has 6 nitrogen and oxygen atoms in total. The Labute approximate surface area is 192 Å². The second-order valence-electron chi connectivity index (χ2n) is 6.89. The highest BCUT2D eigenvalue weighted by Crippen LogP contribution is 2.29. The second-order valence-corrected chi connectivity index (χ2v) is 6.89. The van der Waals surface area contributed by atoms with E-state index >= 15 is 0 Å². The van der Waals surface area contributed by atoms with Crippen LogP contribution in [0.1, 0.15) is 42.1 Å². The Morgan fingerprint density at radius 1 is 1.13 bits per heavy atom. The van der Waals surface area contributed by atoms with Crippen LogP contribution in [0.3, 0.4) is 0 Å². The number of carbonyl (C=O) groups excluding carboxylic acids is 1. The van der Waals surface area contributed by atoms with Crippen molar-refractivity contribution in [1.29, 1.82) is 0 Å². The lowest BCUT2D eigenvalue weighted by Crippen LogP contribution is -2.41. The highest BCUT2D eigenvalue weighted by molar-refractivity contribution is 14.0. The van der Waals surface area contributed by atoms with Gasteiger partial charge in [-0.05, 0) is 56.4 Å². The molecule has 0 bridgehead atoms. The van der Waals surface area contributed by atoms with E-state index in [1.54, 1.807) is 0 Å². The number of carbonyl (C=O) groups is 1. The molecule has 170 valence electrons. The van der Waals surface area contributed by atoms with Gasteiger partial charge in [0.2, 0.25) is 0 Å². The van der Waals surface area contributed by atoms with Gasteiger partial charge in [0.25, 0.3) is 5.91 Å². The van der Waals surface area contributed by atoms with E-state index in [4.69, 9.17) is 4.74 Å². The zero-order valence-electron chi connectivity index (χ0n) is 17.1. The van der Waals surface area contributed by atoms with Crippen molar-refractivity contribution in [3.05, 3.63) is 35.4 Å². The summed E-state index contributed by atoms with van der Waals surface area (Å²) in [5, 5.41) is 8.90. The third kappa shape index (κ3) is 10.5. The van der Waals surface area contributed by atoms with E-state index in [0.717, 1.165) is 31.1 Å². The van der Waals surface area contributed by atoms with Crippen molar-refractivity contribution in [1.82, 2.24) is 16.0 Å². The number of hydrogen-bond donors (Lipinski definition) is 3. The predicted octanol–water partition coefficient (Wildman–Crippen LogP) is 3.43. The van der Waals surface area contributed by atoms with Crippen molar-refractivity contribution >= 4 is 35.8 Å². The maximum Gasteiger partial charge on any atom is 0.416 e. The van der Waals surface area contributed by atoms with Crippen molar-refractivity contribution in [3.8, 4) is 0 Å². The van der Waals surface area contributed by atoms with Crippen LogP contribution in [0.4, 0.5) is 13.2 Å². The Kier molecular flexibility index (Phi) is 12.1. The summed E-state index contributed by atoms with van der Waals surface area (Å²) in [5.41, 5.74) is -0.593. The van der Waals surface area contributed by atoms with Gasteiger partial charge in [0, 0.05) is 45.0 Å². The molecule has 0 aromatic heterocycles. The topological polar surface area (TPSA) is 74.8 Å². The minimum Gasteiger partial charge on any atom is -0.381 e. The molecule has 0 saturated heterocycles. The van der Waals surface area contributed by atoms with E-state index in [1.165, 1.54) is 25.0 Å². The summed E-state index contributed by atoms with van der Waals surface area (Å²) < 4.78 is 43.2. The van der Waals surface area contributed by atoms with Gasteiger partial charge in [-0.15, -0.1) is 24.0 Å². The first-order chi connectivity index (χ1) is 13.9. The maximum atomic E-state index is 12.6. The Balaban J connectivity index is 0.00000450. The van der Waals surface area contributed by atoms with Crippen molar-refractivity contribution in [3.63, 3.8) is 0 Å². The molecule has 3 N–H and O–H groups in total. The number of rotatable bonds is 11. The largest absolute Gasteiger partial charge is 0.416 e. The standard InChI is InChI=1S/C20H29F3N4O2.HI/c1-2-24-19(26-10-3-13-29-14-15-4-5-15)27-12-11-25-18(28)16-6-8-17(9-7-16)20(21,22)23;/h6-9,15H,2-5,10-14H2,1H3,(H,25,28)(H2,24,26,27);1H. The van der Waals surface area contributed by atoms with Crippen molar-refractivity contribution in [2.45, 2.75) is 32.4 Å². The van der Waals surface area contributed by atoms with Gasteiger partial charge in [0.15, 0.2) is 5.96 Å². The molecule has 0 heterocycles. The fraction of sp³-hybridized carbons (Fsp3) is 0.600. The molecule has 1 amide bonds. The molecule has 1 aliphatic rings. The lowest BCUT2D eigenvalue weighted by Gasteiger charge is -2.12. The number of benzene rings is 1. The zero-order chi connectivity index (χ0) is 21.1. The molecule has 10 heteroatoms. The number of aliphatic imine (C=N–C) groups is 1. The summed E-state index contributed by atoms with van der Waals surface area (Å²) in [6.07, 6.45) is -1.01. The lowest BCUT2D eigenvalue weighted by atomic mass is 10.1. The van der Waals surface area contributed by atoms with E-state index in [9.17, 15) is 18.0 Å². The third-order valence-electron chi connectivity index (χ3n) is 4.29. The van der Waals surface area contributed by atoms with Crippen LogP contribution < -0.4 is 16.0 Å². The van der Waals surface area contributed by atoms with Gasteiger partial charge in [0.1, 0.15) is 0 Å². The van der Waals surface area contributed by atoms with Crippen LogP contribution in [-0.2, 0) is 10.9 Å². The number of guanidine groups is 1. The Morgan fingerprint density at radius 2 is 1.80 bits per heavy atom. The van der Waals surface area contributed by atoms with Crippen LogP contribution in [0.25, 0.3) is 0 Å². The molecule has 2 rings (SSSR count). The Morgan fingerprint density at radius 3 is 2.40 bits per heavy atom. The van der Waals surface area contributed by atoms with Crippen LogP contribution in [0.15, 0.2) is 29.3 Å². The summed E-state index contributed by atoms with van der Waals surface area (Å²) >= 11 is 0. The van der Waals surface area contributed by atoms with E-state index in [-0.39, 0.29) is 29.5 Å². The molecule has 1 fully saturated rings. The minimum atomic E-state index is -4.41. The highest BCUT2D eigenvalue weighted by atomic mass is 127. The van der Waals surface area contributed by atoms with Gasteiger partial charge < -0.3 is 20.7 Å². The van der Waals surface area contributed by atoms with E-state index in [1.807, 2.05) is 6.92 Å². The average Bonchev–Trinajstić information content (AvgIpc) is 3.51. The monoisotopic (exact) mass is 542 g/mol. The molecule has 0 atom stereocenters. The summed E-state index contributed by atoms with van der Waals surface area (Å²) in [7, 11) is 0. The predicted molar refractivity (Wildman–Crippen MR) is 121 cm³/mol. The number of hydrogen-bond acceptors (Lipinski definition) is 3. The van der Waals surface area contributed by atoms with Gasteiger partial charge in [-0.1, -0.05) is 0 Å². The molecule has 1 aromatic rings. The molecule has 1 aliphatic carbocycles. The number of ether oxygens (including phenoxy) is 1. The van der Waals surface area contributed by atoms with Crippen LogP contribution >= 0.6 is 24.0 Å². The van der Waals surface area contributed by atoms with E-state index < -0.39 is 17.6 Å². The van der Waals surface area contributed by atoms with Crippen LogP contribution in [0, 0.1) is 5.92 Å². The van der Waals surface area contributed by atoms with Gasteiger partial charge in [-0.2, -0.15) is 13.2 Å². The number of amides is 1. The van der Waals surface area contributed by atoms with Crippen LogP contribution in [0.5, 0.6) is 0 Å². The lowest BCUT2D eigenvalue weighted by molar-refractivity contribution is -0.137. The van der Waals surface area contributed by atoms with Gasteiger partial charge in [-0.25, -0.2) is 0 Å². The molecule has 0 unspecified atom stereocenters. The molecule has 0 spiro atoms. The Hall–Kier alpha value is -1.56. The first-order valence-corrected chi connectivity index (χ1v) is 9.95. The number of halogens is 4. The first-order valence-electron chi connectivity index (χ1n) is 9.95. The molecule has 1 aromatic carbocycles. The van der Waals surface area contributed by atoms with Gasteiger partial charge in [-0.3, -0.25) is 9.79 Å². The first kappa shape index (κ1) is 26.5. The molecular formula is C20H30F3IN4O2. The smallest absolute Gasteiger partial charge is 0.381 e. The normalized spacial score (nSPS) is 14.1. The van der Waals surface area contributed by atoms with E-state index in [2.05, 4.69) is 20.9 Å². The zero-order valence-corrected chi connectivity index (χ0v) is 19.4. The van der Waals surface area contributed by atoms with Crippen molar-refractivity contribution in [2.24, 2.45) is 10.9 Å². The maximum absolute atomic E-state index is 12.6. The molecule has 0 radical (unpaired) electrons. The summed E-state index contributed by atoms with van der Waals surface area (Å²) in [6.45, 7) is 5.61. The quantitative estimate of drug-likeness (QED) is 0.174. The third-order valence-corrected chi connectivity index (χ3v) is 4.29. The highest BCUT2D eigenvalue weighted by Gasteiger charge is 2.30. The SMILES string of the molecule is CCNC(=NCCCOCC1CC1)NCCNC(=O)c1ccc(C(F)(F)F)cc1.I. The number of nitrogens with one attached hydrogen (secondary N) is 3. The van der Waals surface area contributed by atoms with Crippen molar-refractivity contribution in [2.75, 3.05) is 39.4 Å². The summed E-state index contributed by atoms with van der Waals surface area (Å²) in [6, 6.07) is 4.14. The molecule has 0 aliphatic heterocycles. The van der Waals surface area contributed by atoms with E-state index in [0.29, 0.717) is 38.7 Å². The summed E-state index contributed by atoms with van der Waals surface area (Å²) in [4.78, 5) is 16.5. The van der Waals surface area contributed by atoms with Gasteiger partial charge >= 0.3 is 6.18 Å². The van der Waals surface area contributed by atoms with Crippen molar-refractivity contribution < 1.29 is 22.7 Å². The van der Waals surface area contributed by atoms with Gasteiger partial charge in [0.05, 0.1) is 5.56 Å². The molecule has 30 heavy (non-hydrogen) atoms. The molecule has 1 saturated carbocycles. The second kappa shape index (κ2) is 13.7. The Bertz CT molecular complexity index is 665. The number of alkyl halides is 3. The fourth-order valence-electron chi connectivity index (χ4n) is 2.50. The minimum absolute atomic E-state index is 0. The van der Waals surface area contributed by atoms with Crippen LogP contribution in [-0.4, -0.2) is 51.3 Å². The average molecular weight is 542 g/mol. The molecular weight excluding hydrogens is 512 g/mol. The van der Waals surface area contributed by atoms with Crippen LogP contribution in [0.2, 0.25) is 0 Å². The summed E-state index contributed by atoms with van der Waals surface area (Å²) in [5.74, 6) is 0.990. The number of nitrogens with zero attached hydrogens (tertiary/aromatic N) is 1. The fourth-order valence-corrected chi connectivity index (χ4v) is 2.50.